The molecule has 0 unspecified atom stereocenters. The minimum atomic E-state index is -0.988. The number of rotatable bonds is 3. The normalized spacial score (nSPS) is 16.2. The molecule has 1 aromatic heterocycles. The van der Waals surface area contributed by atoms with Gasteiger partial charge in [0.1, 0.15) is 0 Å². The summed E-state index contributed by atoms with van der Waals surface area (Å²) in [5, 5.41) is 17.3. The van der Waals surface area contributed by atoms with Crippen LogP contribution in [0.15, 0.2) is 28.7 Å². The maximum Gasteiger partial charge on any atom is 0.336 e. The van der Waals surface area contributed by atoms with Gasteiger partial charge in [-0.2, -0.15) is 0 Å². The second kappa shape index (κ2) is 5.45. The van der Waals surface area contributed by atoms with E-state index in [1.165, 1.54) is 19.3 Å². The van der Waals surface area contributed by atoms with Gasteiger partial charge in [0.05, 0.1) is 11.1 Å². The molecule has 1 N–H and O–H groups in total. The van der Waals surface area contributed by atoms with Crippen molar-refractivity contribution in [2.75, 3.05) is 0 Å². The van der Waals surface area contributed by atoms with E-state index in [0.29, 0.717) is 23.3 Å². The number of carbonyl (C=O) groups is 1. The van der Waals surface area contributed by atoms with Crippen molar-refractivity contribution in [2.24, 2.45) is 0 Å². The molecular weight excluding hydrogens is 256 g/mol. The molecule has 0 bridgehead atoms. The molecule has 1 heterocycles. The van der Waals surface area contributed by atoms with Crippen LogP contribution in [0.2, 0.25) is 0 Å². The van der Waals surface area contributed by atoms with Crippen molar-refractivity contribution in [1.29, 1.82) is 0 Å². The third-order valence-electron chi connectivity index (χ3n) is 3.78. The van der Waals surface area contributed by atoms with E-state index < -0.39 is 5.97 Å². The second-order valence-electron chi connectivity index (χ2n) is 5.13. The van der Waals surface area contributed by atoms with Crippen molar-refractivity contribution < 1.29 is 14.3 Å². The van der Waals surface area contributed by atoms with Crippen LogP contribution in [-0.2, 0) is 0 Å². The van der Waals surface area contributed by atoms with Crippen molar-refractivity contribution in [3.63, 3.8) is 0 Å². The lowest BCUT2D eigenvalue weighted by Gasteiger charge is -2.17. The zero-order chi connectivity index (χ0) is 13.9. The van der Waals surface area contributed by atoms with Crippen LogP contribution in [0.3, 0.4) is 0 Å². The molecule has 0 amide bonds. The molecule has 0 radical (unpaired) electrons. The highest BCUT2D eigenvalue weighted by molar-refractivity contribution is 5.94. The molecule has 0 saturated heterocycles. The summed E-state index contributed by atoms with van der Waals surface area (Å²) in [6, 6.07) is 6.70. The average Bonchev–Trinajstić information content (AvgIpc) is 2.98. The largest absolute Gasteiger partial charge is 0.478 e. The minimum Gasteiger partial charge on any atom is -0.478 e. The van der Waals surface area contributed by atoms with E-state index in [-0.39, 0.29) is 5.56 Å². The molecule has 0 aliphatic heterocycles. The summed E-state index contributed by atoms with van der Waals surface area (Å²) in [6.45, 7) is 0. The van der Waals surface area contributed by atoms with Crippen molar-refractivity contribution in [3.05, 3.63) is 35.7 Å². The lowest BCUT2D eigenvalue weighted by Crippen LogP contribution is -2.04. The molecule has 5 nitrogen and oxygen atoms in total. The molecule has 1 fully saturated rings. The number of carboxylic acids is 1. The van der Waals surface area contributed by atoms with Crippen LogP contribution in [-0.4, -0.2) is 21.3 Å². The summed E-state index contributed by atoms with van der Waals surface area (Å²) in [4.78, 5) is 11.2. The molecule has 1 aliphatic rings. The zero-order valence-electron chi connectivity index (χ0n) is 11.1. The first-order valence-corrected chi connectivity index (χ1v) is 6.92. The molecule has 104 valence electrons. The summed E-state index contributed by atoms with van der Waals surface area (Å²) in [7, 11) is 0. The molecule has 3 rings (SSSR count). The maximum absolute atomic E-state index is 11.2. The van der Waals surface area contributed by atoms with Gasteiger partial charge >= 0.3 is 5.97 Å². The molecule has 1 aromatic carbocycles. The molecule has 2 aromatic rings. The van der Waals surface area contributed by atoms with Gasteiger partial charge in [0.2, 0.25) is 11.8 Å². The number of hydrogen-bond donors (Lipinski definition) is 1. The van der Waals surface area contributed by atoms with Gasteiger partial charge < -0.3 is 9.52 Å². The summed E-state index contributed by atoms with van der Waals surface area (Å²) in [5.41, 5.74) is 0.668. The topological polar surface area (TPSA) is 76.2 Å². The number of aromatic nitrogens is 2. The van der Waals surface area contributed by atoms with Crippen LogP contribution in [0.5, 0.6) is 0 Å². The number of carboxylic acid groups (broad SMARTS) is 1. The predicted octanol–water partition coefficient (Wildman–Crippen LogP) is 3.48. The van der Waals surface area contributed by atoms with Crippen molar-refractivity contribution in [2.45, 2.75) is 38.0 Å². The molecule has 0 atom stereocenters. The average molecular weight is 272 g/mol. The fraction of sp³-hybridized carbons (Fsp3) is 0.400. The van der Waals surface area contributed by atoms with Crippen LogP contribution in [0.25, 0.3) is 11.5 Å². The Bertz CT molecular complexity index is 615. The molecule has 5 heteroatoms. The van der Waals surface area contributed by atoms with Gasteiger partial charge in [-0.05, 0) is 25.0 Å². The highest BCUT2D eigenvalue weighted by Gasteiger charge is 2.23. The van der Waals surface area contributed by atoms with Gasteiger partial charge in [0.25, 0.3) is 0 Å². The van der Waals surface area contributed by atoms with Gasteiger partial charge in [-0.1, -0.05) is 31.4 Å². The Labute approximate surface area is 116 Å². The summed E-state index contributed by atoms with van der Waals surface area (Å²) in [5.74, 6) is 0.267. The predicted molar refractivity (Wildman–Crippen MR) is 72.5 cm³/mol. The Balaban J connectivity index is 1.92. The van der Waals surface area contributed by atoms with Crippen LogP contribution >= 0.6 is 0 Å². The van der Waals surface area contributed by atoms with Gasteiger partial charge in [0, 0.05) is 5.92 Å². The first-order valence-electron chi connectivity index (χ1n) is 6.92. The quantitative estimate of drug-likeness (QED) is 0.925. The number of hydrogen-bond acceptors (Lipinski definition) is 4. The number of benzene rings is 1. The third kappa shape index (κ3) is 2.43. The molecule has 0 spiro atoms. The van der Waals surface area contributed by atoms with E-state index >= 15 is 0 Å². The zero-order valence-corrected chi connectivity index (χ0v) is 11.1. The van der Waals surface area contributed by atoms with E-state index in [9.17, 15) is 9.90 Å². The van der Waals surface area contributed by atoms with Gasteiger partial charge in [-0.15, -0.1) is 10.2 Å². The Morgan fingerprint density at radius 3 is 2.65 bits per heavy atom. The van der Waals surface area contributed by atoms with Gasteiger partial charge in [-0.25, -0.2) is 4.79 Å². The second-order valence-corrected chi connectivity index (χ2v) is 5.13. The monoisotopic (exact) mass is 272 g/mol. The Kier molecular flexibility index (Phi) is 3.50. The van der Waals surface area contributed by atoms with E-state index in [4.69, 9.17) is 4.42 Å². The Morgan fingerprint density at radius 1 is 1.15 bits per heavy atom. The number of nitrogens with zero attached hydrogens (tertiary/aromatic N) is 2. The van der Waals surface area contributed by atoms with Crippen LogP contribution in [0.1, 0.15) is 54.3 Å². The molecule has 1 saturated carbocycles. The standard InChI is InChI=1S/C15H16N2O3/c18-15(19)12-9-5-4-8-11(12)14-17-16-13(20-14)10-6-2-1-3-7-10/h4-5,8-10H,1-3,6-7H2,(H,18,19). The lowest BCUT2D eigenvalue weighted by atomic mass is 9.89. The van der Waals surface area contributed by atoms with Crippen LogP contribution in [0, 0.1) is 0 Å². The van der Waals surface area contributed by atoms with E-state index in [2.05, 4.69) is 10.2 Å². The number of aromatic carboxylic acids is 1. The van der Waals surface area contributed by atoms with Crippen LogP contribution < -0.4 is 0 Å². The van der Waals surface area contributed by atoms with Gasteiger partial charge in [-0.3, -0.25) is 0 Å². The fourth-order valence-corrected chi connectivity index (χ4v) is 2.71. The molecule has 1 aliphatic carbocycles. The van der Waals surface area contributed by atoms with E-state index in [1.54, 1.807) is 24.3 Å². The maximum atomic E-state index is 11.2. The van der Waals surface area contributed by atoms with Crippen molar-refractivity contribution >= 4 is 5.97 Å². The first-order chi connectivity index (χ1) is 9.75. The third-order valence-corrected chi connectivity index (χ3v) is 3.78. The minimum absolute atomic E-state index is 0.186. The lowest BCUT2D eigenvalue weighted by molar-refractivity contribution is 0.0697. The first kappa shape index (κ1) is 12.8. The van der Waals surface area contributed by atoms with Gasteiger partial charge in [0.15, 0.2) is 0 Å². The van der Waals surface area contributed by atoms with Crippen LogP contribution in [0.4, 0.5) is 0 Å². The Hall–Kier alpha value is -2.17. The SMILES string of the molecule is O=C(O)c1ccccc1-c1nnc(C2CCCCC2)o1. The summed E-state index contributed by atoms with van der Waals surface area (Å²) in [6.07, 6.45) is 5.78. The van der Waals surface area contributed by atoms with Crippen molar-refractivity contribution in [1.82, 2.24) is 10.2 Å². The summed E-state index contributed by atoms with van der Waals surface area (Å²) >= 11 is 0. The van der Waals surface area contributed by atoms with E-state index in [1.807, 2.05) is 0 Å². The molecule has 20 heavy (non-hydrogen) atoms. The smallest absolute Gasteiger partial charge is 0.336 e. The van der Waals surface area contributed by atoms with Crippen molar-refractivity contribution in [3.8, 4) is 11.5 Å². The summed E-state index contributed by atoms with van der Waals surface area (Å²) < 4.78 is 5.71. The Morgan fingerprint density at radius 2 is 1.90 bits per heavy atom. The highest BCUT2D eigenvalue weighted by atomic mass is 16.4. The highest BCUT2D eigenvalue weighted by Crippen LogP contribution is 2.33. The molecular formula is C15H16N2O3. The fourth-order valence-electron chi connectivity index (χ4n) is 2.71. The van der Waals surface area contributed by atoms with E-state index in [0.717, 1.165) is 12.8 Å².